The Hall–Kier alpha value is -0.880. The number of hydrogen-bond acceptors (Lipinski definition) is 4. The molecule has 2 atom stereocenters. The molecule has 0 bridgehead atoms. The summed E-state index contributed by atoms with van der Waals surface area (Å²) in [7, 11) is 1.76. The number of nitrogens with one attached hydrogen (secondary N) is 2. The molecular formula is C13H21Cl2N3O2. The number of rotatable bonds is 5. The first-order valence-corrected chi connectivity index (χ1v) is 6.20. The van der Waals surface area contributed by atoms with E-state index < -0.39 is 0 Å². The van der Waals surface area contributed by atoms with Gasteiger partial charge >= 0.3 is 0 Å². The normalized spacial score (nSPS) is 20.6. The lowest BCUT2D eigenvalue weighted by Crippen LogP contribution is -2.43. The van der Waals surface area contributed by atoms with Crippen molar-refractivity contribution in [1.29, 1.82) is 0 Å². The zero-order valence-corrected chi connectivity index (χ0v) is 13.0. The third kappa shape index (κ3) is 5.63. The number of pyridine rings is 1. The Labute approximate surface area is 131 Å². The monoisotopic (exact) mass is 321 g/mol. The molecule has 0 radical (unpaired) electrons. The van der Waals surface area contributed by atoms with E-state index in [1.54, 1.807) is 19.4 Å². The Bertz CT molecular complexity index is 392. The van der Waals surface area contributed by atoms with Crippen LogP contribution in [0.2, 0.25) is 0 Å². The number of aromatic nitrogens is 1. The second kappa shape index (κ2) is 9.94. The van der Waals surface area contributed by atoms with Crippen molar-refractivity contribution in [3.8, 4) is 0 Å². The van der Waals surface area contributed by atoms with E-state index in [4.69, 9.17) is 4.74 Å². The lowest BCUT2D eigenvalue weighted by molar-refractivity contribution is -0.121. The third-order valence-electron chi connectivity index (χ3n) is 3.13. The fourth-order valence-corrected chi connectivity index (χ4v) is 2.20. The van der Waals surface area contributed by atoms with Crippen LogP contribution in [-0.2, 0) is 16.0 Å². The standard InChI is InChI=1S/C13H19N3O2.2ClH/c1-14-7-13(17)16-12-9-18-8-11(12)6-10-2-4-15-5-3-10;;/h2-5,11-12,14H,6-9H2,1H3,(H,16,17);2*1H/t11-,12+;;/m1../s1. The predicted octanol–water partition coefficient (Wildman–Crippen LogP) is 0.818. The van der Waals surface area contributed by atoms with Gasteiger partial charge in [0, 0.05) is 18.3 Å². The van der Waals surface area contributed by atoms with Gasteiger partial charge in [-0.05, 0) is 31.2 Å². The number of halogens is 2. The molecule has 1 aliphatic rings. The van der Waals surface area contributed by atoms with Crippen LogP contribution in [0.15, 0.2) is 24.5 Å². The smallest absolute Gasteiger partial charge is 0.234 e. The molecule has 2 N–H and O–H groups in total. The van der Waals surface area contributed by atoms with Crippen LogP contribution in [0, 0.1) is 5.92 Å². The third-order valence-corrected chi connectivity index (χ3v) is 3.13. The Morgan fingerprint density at radius 2 is 2.05 bits per heavy atom. The molecule has 1 aromatic rings. The topological polar surface area (TPSA) is 63.2 Å². The fourth-order valence-electron chi connectivity index (χ4n) is 2.20. The van der Waals surface area contributed by atoms with Gasteiger partial charge in [-0.2, -0.15) is 0 Å². The Morgan fingerprint density at radius 3 is 2.70 bits per heavy atom. The van der Waals surface area contributed by atoms with E-state index in [2.05, 4.69) is 15.6 Å². The lowest BCUT2D eigenvalue weighted by atomic mass is 9.95. The highest BCUT2D eigenvalue weighted by molar-refractivity contribution is 5.85. The lowest BCUT2D eigenvalue weighted by Gasteiger charge is -2.19. The van der Waals surface area contributed by atoms with Crippen molar-refractivity contribution in [2.45, 2.75) is 12.5 Å². The molecule has 114 valence electrons. The van der Waals surface area contributed by atoms with Crippen LogP contribution in [0.3, 0.4) is 0 Å². The minimum absolute atomic E-state index is 0. The van der Waals surface area contributed by atoms with Gasteiger partial charge in [-0.15, -0.1) is 24.8 Å². The number of nitrogens with zero attached hydrogens (tertiary/aromatic N) is 1. The molecule has 2 rings (SSSR count). The molecule has 1 aliphatic heterocycles. The highest BCUT2D eigenvalue weighted by Gasteiger charge is 2.29. The zero-order valence-electron chi connectivity index (χ0n) is 11.4. The van der Waals surface area contributed by atoms with Gasteiger partial charge < -0.3 is 15.4 Å². The van der Waals surface area contributed by atoms with Gasteiger partial charge in [0.15, 0.2) is 0 Å². The van der Waals surface area contributed by atoms with Gasteiger partial charge in [0.25, 0.3) is 0 Å². The molecule has 1 amide bonds. The quantitative estimate of drug-likeness (QED) is 0.842. The van der Waals surface area contributed by atoms with E-state index in [1.807, 2.05) is 12.1 Å². The van der Waals surface area contributed by atoms with Crippen LogP contribution >= 0.6 is 24.8 Å². The van der Waals surface area contributed by atoms with Crippen LogP contribution in [-0.4, -0.2) is 43.7 Å². The van der Waals surface area contributed by atoms with Crippen LogP contribution in [0.25, 0.3) is 0 Å². The number of amides is 1. The Balaban J connectivity index is 0.00000180. The largest absolute Gasteiger partial charge is 0.379 e. The van der Waals surface area contributed by atoms with E-state index in [1.165, 1.54) is 5.56 Å². The van der Waals surface area contributed by atoms with Gasteiger partial charge in [0.05, 0.1) is 25.8 Å². The molecule has 7 heteroatoms. The second-order valence-electron chi connectivity index (χ2n) is 4.56. The first kappa shape index (κ1) is 19.1. The van der Waals surface area contributed by atoms with Crippen LogP contribution < -0.4 is 10.6 Å². The molecule has 0 unspecified atom stereocenters. The summed E-state index contributed by atoms with van der Waals surface area (Å²) >= 11 is 0. The van der Waals surface area contributed by atoms with Crippen molar-refractivity contribution in [2.24, 2.45) is 5.92 Å². The average molecular weight is 322 g/mol. The van der Waals surface area contributed by atoms with E-state index in [0.717, 1.165) is 6.42 Å². The molecule has 1 aromatic heterocycles. The summed E-state index contributed by atoms with van der Waals surface area (Å²) in [5.74, 6) is 0.362. The molecule has 0 aromatic carbocycles. The maximum Gasteiger partial charge on any atom is 0.234 e. The summed E-state index contributed by atoms with van der Waals surface area (Å²) < 4.78 is 5.47. The number of carbonyl (C=O) groups is 1. The van der Waals surface area contributed by atoms with Crippen molar-refractivity contribution in [1.82, 2.24) is 15.6 Å². The zero-order chi connectivity index (χ0) is 12.8. The van der Waals surface area contributed by atoms with Gasteiger partial charge in [-0.25, -0.2) is 0 Å². The molecule has 20 heavy (non-hydrogen) atoms. The minimum Gasteiger partial charge on any atom is -0.379 e. The molecule has 1 fully saturated rings. The van der Waals surface area contributed by atoms with E-state index in [-0.39, 0.29) is 36.8 Å². The van der Waals surface area contributed by atoms with Gasteiger partial charge in [-0.1, -0.05) is 0 Å². The minimum atomic E-state index is 0. The number of carbonyl (C=O) groups excluding carboxylic acids is 1. The van der Waals surface area contributed by atoms with Gasteiger partial charge in [-0.3, -0.25) is 9.78 Å². The van der Waals surface area contributed by atoms with E-state index >= 15 is 0 Å². The number of ether oxygens (including phenoxy) is 1. The summed E-state index contributed by atoms with van der Waals surface area (Å²) in [4.78, 5) is 15.6. The fraction of sp³-hybridized carbons (Fsp3) is 0.538. The molecule has 0 spiro atoms. The van der Waals surface area contributed by atoms with E-state index in [0.29, 0.717) is 25.7 Å². The summed E-state index contributed by atoms with van der Waals surface area (Å²) in [6, 6.07) is 4.12. The summed E-state index contributed by atoms with van der Waals surface area (Å²) in [6.07, 6.45) is 4.49. The molecule has 0 saturated carbocycles. The van der Waals surface area contributed by atoms with Crippen molar-refractivity contribution in [3.63, 3.8) is 0 Å². The summed E-state index contributed by atoms with van der Waals surface area (Å²) in [5, 5.41) is 5.85. The van der Waals surface area contributed by atoms with Crippen molar-refractivity contribution in [2.75, 3.05) is 26.8 Å². The van der Waals surface area contributed by atoms with Crippen molar-refractivity contribution < 1.29 is 9.53 Å². The number of likely N-dealkylation sites (N-methyl/N-ethyl adjacent to an activating group) is 1. The van der Waals surface area contributed by atoms with Crippen LogP contribution in [0.4, 0.5) is 0 Å². The van der Waals surface area contributed by atoms with Gasteiger partial charge in [0.2, 0.25) is 5.91 Å². The SMILES string of the molecule is CNCC(=O)N[C@H]1COC[C@H]1Cc1ccncc1.Cl.Cl. The second-order valence-corrected chi connectivity index (χ2v) is 4.56. The number of hydrogen-bond donors (Lipinski definition) is 2. The summed E-state index contributed by atoms with van der Waals surface area (Å²) in [5.41, 5.74) is 1.23. The molecule has 2 heterocycles. The van der Waals surface area contributed by atoms with E-state index in [9.17, 15) is 4.79 Å². The van der Waals surface area contributed by atoms with Crippen LogP contribution in [0.1, 0.15) is 5.56 Å². The molecule has 5 nitrogen and oxygen atoms in total. The Kier molecular flexibility index (Phi) is 9.50. The highest BCUT2D eigenvalue weighted by atomic mass is 35.5. The first-order chi connectivity index (χ1) is 8.79. The van der Waals surface area contributed by atoms with Gasteiger partial charge in [0.1, 0.15) is 0 Å². The maximum absolute atomic E-state index is 11.6. The van der Waals surface area contributed by atoms with Crippen molar-refractivity contribution >= 4 is 30.7 Å². The summed E-state index contributed by atoms with van der Waals surface area (Å²) in [6.45, 7) is 1.65. The average Bonchev–Trinajstić information content (AvgIpc) is 2.78. The maximum atomic E-state index is 11.6. The molecular weight excluding hydrogens is 301 g/mol. The van der Waals surface area contributed by atoms with Crippen molar-refractivity contribution in [3.05, 3.63) is 30.1 Å². The molecule has 1 saturated heterocycles. The first-order valence-electron chi connectivity index (χ1n) is 6.20. The molecule has 0 aliphatic carbocycles. The highest BCUT2D eigenvalue weighted by Crippen LogP contribution is 2.18. The predicted molar refractivity (Wildman–Crippen MR) is 82.6 cm³/mol. The Morgan fingerprint density at radius 1 is 1.35 bits per heavy atom. The van der Waals surface area contributed by atoms with Crippen LogP contribution in [0.5, 0.6) is 0 Å².